The van der Waals surface area contributed by atoms with Gasteiger partial charge in [-0.3, -0.25) is 4.79 Å². The topological polar surface area (TPSA) is 47.6 Å². The Kier molecular flexibility index (Phi) is 7.33. The van der Waals surface area contributed by atoms with Gasteiger partial charge < -0.3 is 14.8 Å². The van der Waals surface area contributed by atoms with Crippen LogP contribution in [0.25, 0.3) is 6.08 Å². The Morgan fingerprint density at radius 2 is 1.83 bits per heavy atom. The van der Waals surface area contributed by atoms with Crippen molar-refractivity contribution < 1.29 is 14.3 Å². The minimum Gasteiger partial charge on any atom is -0.493 e. The minimum absolute atomic E-state index is 0.280. The summed E-state index contributed by atoms with van der Waals surface area (Å²) in [7, 11) is 1.58. The number of nitrogens with one attached hydrogen (secondary N) is 1. The van der Waals surface area contributed by atoms with Crippen molar-refractivity contribution in [1.82, 2.24) is 0 Å². The van der Waals surface area contributed by atoms with Crippen molar-refractivity contribution in [1.29, 1.82) is 0 Å². The Bertz CT molecular complexity index is 1020. The van der Waals surface area contributed by atoms with Gasteiger partial charge in [0.15, 0.2) is 11.5 Å². The first kappa shape index (κ1) is 21.0. The summed E-state index contributed by atoms with van der Waals surface area (Å²) < 4.78 is 12.1. The van der Waals surface area contributed by atoms with Gasteiger partial charge in [0, 0.05) is 6.08 Å². The van der Waals surface area contributed by atoms with Crippen LogP contribution in [0.2, 0.25) is 5.02 Å². The van der Waals surface area contributed by atoms with Crippen molar-refractivity contribution in [2.45, 2.75) is 6.61 Å². The number of ether oxygens (including phenoxy) is 2. The number of rotatable bonds is 7. The van der Waals surface area contributed by atoms with Crippen LogP contribution in [-0.4, -0.2) is 13.0 Å². The van der Waals surface area contributed by atoms with Gasteiger partial charge in [-0.1, -0.05) is 54.1 Å². The fourth-order valence-corrected chi connectivity index (χ4v) is 3.37. The Morgan fingerprint density at radius 3 is 2.55 bits per heavy atom. The third-order valence-electron chi connectivity index (χ3n) is 4.04. The molecule has 0 saturated carbocycles. The molecule has 0 aliphatic rings. The largest absolute Gasteiger partial charge is 0.493 e. The highest BCUT2D eigenvalue weighted by Crippen LogP contribution is 2.37. The molecule has 3 rings (SSSR count). The zero-order valence-corrected chi connectivity index (χ0v) is 18.0. The number of methoxy groups -OCH3 is 1. The van der Waals surface area contributed by atoms with Gasteiger partial charge in [0.05, 0.1) is 22.3 Å². The van der Waals surface area contributed by atoms with Crippen LogP contribution in [0.15, 0.2) is 77.3 Å². The van der Waals surface area contributed by atoms with E-state index in [1.807, 2.05) is 42.5 Å². The highest BCUT2D eigenvalue weighted by Gasteiger charge is 2.11. The van der Waals surface area contributed by atoms with Crippen molar-refractivity contribution in [3.63, 3.8) is 0 Å². The lowest BCUT2D eigenvalue weighted by Gasteiger charge is -2.13. The molecule has 6 heteroatoms. The predicted molar refractivity (Wildman–Crippen MR) is 121 cm³/mol. The highest BCUT2D eigenvalue weighted by atomic mass is 79.9. The standard InChI is InChI=1S/C23H19BrClNO3/c1-28-21-14-17(11-12-22(27)26-20-10-6-5-9-19(20)25)13-18(24)23(21)29-15-16-7-3-2-4-8-16/h2-14H,15H2,1H3,(H,26,27)/b12-11+. The molecule has 0 aliphatic heterocycles. The smallest absolute Gasteiger partial charge is 0.248 e. The summed E-state index contributed by atoms with van der Waals surface area (Å²) in [4.78, 5) is 12.2. The van der Waals surface area contributed by atoms with E-state index in [1.54, 1.807) is 37.5 Å². The molecule has 4 nitrogen and oxygen atoms in total. The summed E-state index contributed by atoms with van der Waals surface area (Å²) in [6, 6.07) is 20.6. The van der Waals surface area contributed by atoms with Crippen LogP contribution in [-0.2, 0) is 11.4 Å². The average Bonchev–Trinajstić information content (AvgIpc) is 2.73. The third-order valence-corrected chi connectivity index (χ3v) is 4.96. The number of anilines is 1. The highest BCUT2D eigenvalue weighted by molar-refractivity contribution is 9.10. The maximum Gasteiger partial charge on any atom is 0.248 e. The molecule has 0 bridgehead atoms. The van der Waals surface area contributed by atoms with E-state index in [0.717, 1.165) is 15.6 Å². The van der Waals surface area contributed by atoms with Crippen molar-refractivity contribution in [3.05, 3.63) is 93.4 Å². The molecule has 0 radical (unpaired) electrons. The van der Waals surface area contributed by atoms with Crippen molar-refractivity contribution in [2.75, 3.05) is 12.4 Å². The summed E-state index contributed by atoms with van der Waals surface area (Å²) in [6.07, 6.45) is 3.13. The molecule has 29 heavy (non-hydrogen) atoms. The van der Waals surface area contributed by atoms with Crippen LogP contribution in [0.3, 0.4) is 0 Å². The molecule has 0 aromatic heterocycles. The second-order valence-corrected chi connectivity index (χ2v) is 7.37. The fourth-order valence-electron chi connectivity index (χ4n) is 2.61. The second-order valence-electron chi connectivity index (χ2n) is 6.11. The number of hydrogen-bond donors (Lipinski definition) is 1. The van der Waals surface area contributed by atoms with Crippen LogP contribution < -0.4 is 14.8 Å². The maximum absolute atomic E-state index is 12.2. The number of benzene rings is 3. The van der Waals surface area contributed by atoms with E-state index >= 15 is 0 Å². The lowest BCUT2D eigenvalue weighted by Crippen LogP contribution is -2.07. The van der Waals surface area contributed by atoms with Gasteiger partial charge in [0.2, 0.25) is 5.91 Å². The van der Waals surface area contributed by atoms with Gasteiger partial charge in [-0.2, -0.15) is 0 Å². The lowest BCUT2D eigenvalue weighted by atomic mass is 10.2. The normalized spacial score (nSPS) is 10.7. The Hall–Kier alpha value is -2.76. The van der Waals surface area contributed by atoms with E-state index in [1.165, 1.54) is 6.08 Å². The number of carbonyl (C=O) groups excluding carboxylic acids is 1. The van der Waals surface area contributed by atoms with Gasteiger partial charge >= 0.3 is 0 Å². The zero-order chi connectivity index (χ0) is 20.6. The van der Waals surface area contributed by atoms with Gasteiger partial charge in [0.25, 0.3) is 0 Å². The van der Waals surface area contributed by atoms with Crippen LogP contribution in [0.1, 0.15) is 11.1 Å². The van der Waals surface area contributed by atoms with Crippen molar-refractivity contribution in [2.24, 2.45) is 0 Å². The number of amides is 1. The summed E-state index contributed by atoms with van der Waals surface area (Å²) in [5.41, 5.74) is 2.41. The number of halogens is 2. The molecule has 0 atom stereocenters. The number of para-hydroxylation sites is 1. The molecule has 0 unspecified atom stereocenters. The summed E-state index contributed by atoms with van der Waals surface area (Å²) in [6.45, 7) is 0.422. The van der Waals surface area contributed by atoms with Gasteiger partial charge in [-0.05, 0) is 57.4 Å². The van der Waals surface area contributed by atoms with E-state index in [9.17, 15) is 4.79 Å². The quantitative estimate of drug-likeness (QED) is 0.408. The molecule has 0 fully saturated rings. The molecule has 1 N–H and O–H groups in total. The maximum atomic E-state index is 12.2. The molecule has 3 aromatic rings. The molecule has 148 valence electrons. The van der Waals surface area contributed by atoms with E-state index in [2.05, 4.69) is 21.2 Å². The van der Waals surface area contributed by atoms with Crippen LogP contribution in [0, 0.1) is 0 Å². The van der Waals surface area contributed by atoms with Crippen LogP contribution in [0.4, 0.5) is 5.69 Å². The lowest BCUT2D eigenvalue weighted by molar-refractivity contribution is -0.111. The average molecular weight is 473 g/mol. The van der Waals surface area contributed by atoms with Crippen LogP contribution >= 0.6 is 27.5 Å². The molecule has 0 heterocycles. The first-order chi connectivity index (χ1) is 14.1. The van der Waals surface area contributed by atoms with E-state index in [4.69, 9.17) is 21.1 Å². The molecular formula is C23H19BrClNO3. The first-order valence-electron chi connectivity index (χ1n) is 8.84. The SMILES string of the molecule is COc1cc(/C=C/C(=O)Nc2ccccc2Cl)cc(Br)c1OCc1ccccc1. The number of hydrogen-bond acceptors (Lipinski definition) is 3. The monoisotopic (exact) mass is 471 g/mol. The Morgan fingerprint density at radius 1 is 1.10 bits per heavy atom. The van der Waals surface area contributed by atoms with E-state index in [0.29, 0.717) is 28.8 Å². The van der Waals surface area contributed by atoms with E-state index < -0.39 is 0 Å². The summed E-state index contributed by atoms with van der Waals surface area (Å²) >= 11 is 9.59. The second kappa shape index (κ2) is 10.1. The zero-order valence-electron chi connectivity index (χ0n) is 15.7. The summed E-state index contributed by atoms with van der Waals surface area (Å²) in [5.74, 6) is 0.896. The molecule has 3 aromatic carbocycles. The molecule has 1 amide bonds. The fraction of sp³-hybridized carbons (Fsp3) is 0.0870. The third kappa shape index (κ3) is 5.86. The van der Waals surface area contributed by atoms with Crippen LogP contribution in [0.5, 0.6) is 11.5 Å². The van der Waals surface area contributed by atoms with Gasteiger partial charge in [0.1, 0.15) is 6.61 Å². The van der Waals surface area contributed by atoms with Crippen molar-refractivity contribution in [3.8, 4) is 11.5 Å². The Balaban J connectivity index is 1.71. The minimum atomic E-state index is -0.280. The Labute approximate surface area is 183 Å². The summed E-state index contributed by atoms with van der Waals surface area (Å²) in [5, 5.41) is 3.23. The predicted octanol–water partition coefficient (Wildman–Crippen LogP) is 6.34. The first-order valence-corrected chi connectivity index (χ1v) is 10.0. The number of carbonyl (C=O) groups is 1. The van der Waals surface area contributed by atoms with E-state index in [-0.39, 0.29) is 5.91 Å². The van der Waals surface area contributed by atoms with Gasteiger partial charge in [-0.25, -0.2) is 0 Å². The van der Waals surface area contributed by atoms with Gasteiger partial charge in [-0.15, -0.1) is 0 Å². The van der Waals surface area contributed by atoms with Crippen molar-refractivity contribution >= 4 is 45.2 Å². The molecular weight excluding hydrogens is 454 g/mol. The molecule has 0 spiro atoms. The molecule has 0 saturated heterocycles. The molecule has 0 aliphatic carbocycles.